The standard InChI is InChI=1S/C14H17N3O/c18-14-5-2-1-4-12-10-16(11-13(12)14)8-9-17-7-3-6-15-17/h3,6-7,10-11H,1-2,4-5,8-9H2. The van der Waals surface area contributed by atoms with E-state index in [0.717, 1.165) is 37.9 Å². The second-order valence-corrected chi connectivity index (χ2v) is 4.83. The highest BCUT2D eigenvalue weighted by Gasteiger charge is 2.17. The molecule has 0 radical (unpaired) electrons. The summed E-state index contributed by atoms with van der Waals surface area (Å²) >= 11 is 0. The van der Waals surface area contributed by atoms with E-state index in [0.29, 0.717) is 12.2 Å². The number of hydrogen-bond donors (Lipinski definition) is 0. The predicted octanol–water partition coefficient (Wildman–Crippen LogP) is 2.29. The molecule has 0 bridgehead atoms. The Bertz CT molecular complexity index is 539. The molecule has 2 heterocycles. The van der Waals surface area contributed by atoms with Crippen LogP contribution in [-0.2, 0) is 19.5 Å². The highest BCUT2D eigenvalue weighted by Crippen LogP contribution is 2.21. The maximum absolute atomic E-state index is 11.9. The number of ketones is 1. The number of aryl methyl sites for hydroxylation is 3. The van der Waals surface area contributed by atoms with Gasteiger partial charge < -0.3 is 4.57 Å². The third kappa shape index (κ3) is 2.23. The first kappa shape index (κ1) is 11.3. The first-order chi connectivity index (χ1) is 8.83. The Balaban J connectivity index is 1.74. The third-order valence-corrected chi connectivity index (χ3v) is 3.51. The van der Waals surface area contributed by atoms with E-state index in [9.17, 15) is 4.79 Å². The number of rotatable bonds is 3. The van der Waals surface area contributed by atoms with Crippen LogP contribution in [0.25, 0.3) is 0 Å². The molecular weight excluding hydrogens is 226 g/mol. The molecule has 0 aliphatic heterocycles. The van der Waals surface area contributed by atoms with Crippen molar-refractivity contribution in [3.8, 4) is 0 Å². The summed E-state index contributed by atoms with van der Waals surface area (Å²) in [6, 6.07) is 1.92. The van der Waals surface area contributed by atoms with Crippen LogP contribution in [0.1, 0.15) is 35.2 Å². The molecule has 2 aromatic heterocycles. The molecule has 18 heavy (non-hydrogen) atoms. The van der Waals surface area contributed by atoms with Gasteiger partial charge in [-0.3, -0.25) is 9.48 Å². The lowest BCUT2D eigenvalue weighted by molar-refractivity contribution is 0.0982. The number of Topliss-reactive ketones (excluding diaryl/α,β-unsaturated/α-hetero) is 1. The van der Waals surface area contributed by atoms with Crippen molar-refractivity contribution in [2.75, 3.05) is 0 Å². The van der Waals surface area contributed by atoms with Gasteiger partial charge in [0.1, 0.15) is 0 Å². The van der Waals surface area contributed by atoms with E-state index in [1.807, 2.05) is 23.1 Å². The fourth-order valence-electron chi connectivity index (χ4n) is 2.52. The van der Waals surface area contributed by atoms with E-state index in [1.54, 1.807) is 6.20 Å². The largest absolute Gasteiger partial charge is 0.351 e. The smallest absolute Gasteiger partial charge is 0.164 e. The Hall–Kier alpha value is -1.84. The maximum atomic E-state index is 11.9. The average Bonchev–Trinajstić information content (AvgIpc) is 2.98. The van der Waals surface area contributed by atoms with Crippen LogP contribution < -0.4 is 0 Å². The van der Waals surface area contributed by atoms with Crippen molar-refractivity contribution >= 4 is 5.78 Å². The summed E-state index contributed by atoms with van der Waals surface area (Å²) in [5.41, 5.74) is 2.16. The van der Waals surface area contributed by atoms with Gasteiger partial charge in [-0.25, -0.2) is 0 Å². The fourth-order valence-corrected chi connectivity index (χ4v) is 2.52. The second kappa shape index (κ2) is 4.80. The summed E-state index contributed by atoms with van der Waals surface area (Å²) in [5.74, 6) is 0.306. The Morgan fingerprint density at radius 2 is 2.06 bits per heavy atom. The molecule has 1 aliphatic carbocycles. The Morgan fingerprint density at radius 1 is 1.17 bits per heavy atom. The lowest BCUT2D eigenvalue weighted by atomic mass is 10.1. The second-order valence-electron chi connectivity index (χ2n) is 4.83. The lowest BCUT2D eigenvalue weighted by Crippen LogP contribution is -2.06. The van der Waals surface area contributed by atoms with Crippen molar-refractivity contribution in [1.82, 2.24) is 14.3 Å². The first-order valence-electron chi connectivity index (χ1n) is 6.52. The van der Waals surface area contributed by atoms with Gasteiger partial charge in [-0.05, 0) is 30.9 Å². The number of fused-ring (bicyclic) bond motifs is 1. The van der Waals surface area contributed by atoms with Gasteiger partial charge in [-0.1, -0.05) is 0 Å². The molecular formula is C14H17N3O. The number of nitrogens with zero attached hydrogens (tertiary/aromatic N) is 3. The summed E-state index contributed by atoms with van der Waals surface area (Å²) in [6.45, 7) is 1.71. The van der Waals surface area contributed by atoms with Crippen LogP contribution in [0.15, 0.2) is 30.9 Å². The zero-order valence-corrected chi connectivity index (χ0v) is 10.4. The van der Waals surface area contributed by atoms with Crippen molar-refractivity contribution < 1.29 is 4.79 Å². The van der Waals surface area contributed by atoms with E-state index in [-0.39, 0.29) is 0 Å². The average molecular weight is 243 g/mol. The fraction of sp³-hybridized carbons (Fsp3) is 0.429. The quantitative estimate of drug-likeness (QED) is 0.776. The monoisotopic (exact) mass is 243 g/mol. The molecule has 1 aliphatic rings. The van der Waals surface area contributed by atoms with E-state index in [2.05, 4.69) is 15.9 Å². The molecule has 2 aromatic rings. The SMILES string of the molecule is O=C1CCCCc2cn(CCn3cccn3)cc21. The minimum absolute atomic E-state index is 0.306. The van der Waals surface area contributed by atoms with E-state index < -0.39 is 0 Å². The maximum Gasteiger partial charge on any atom is 0.164 e. The Morgan fingerprint density at radius 3 is 2.89 bits per heavy atom. The van der Waals surface area contributed by atoms with Crippen molar-refractivity contribution in [2.45, 2.75) is 38.8 Å². The van der Waals surface area contributed by atoms with E-state index >= 15 is 0 Å². The molecule has 0 fully saturated rings. The number of aromatic nitrogens is 3. The molecule has 0 aromatic carbocycles. The molecule has 4 nitrogen and oxygen atoms in total. The van der Waals surface area contributed by atoms with Crippen LogP contribution in [-0.4, -0.2) is 20.1 Å². The van der Waals surface area contributed by atoms with Gasteiger partial charge >= 0.3 is 0 Å². The van der Waals surface area contributed by atoms with Gasteiger partial charge in [0.2, 0.25) is 0 Å². The normalized spacial score (nSPS) is 15.4. The van der Waals surface area contributed by atoms with Crippen molar-refractivity contribution in [1.29, 1.82) is 0 Å². The topological polar surface area (TPSA) is 39.8 Å². The third-order valence-electron chi connectivity index (χ3n) is 3.51. The number of carbonyl (C=O) groups is 1. The van der Waals surface area contributed by atoms with Crippen molar-refractivity contribution in [2.24, 2.45) is 0 Å². The number of carbonyl (C=O) groups excluding carboxylic acids is 1. The molecule has 94 valence electrons. The minimum Gasteiger partial charge on any atom is -0.351 e. The minimum atomic E-state index is 0.306. The summed E-state index contributed by atoms with van der Waals surface area (Å²) in [6.07, 6.45) is 11.8. The van der Waals surface area contributed by atoms with Gasteiger partial charge in [0.05, 0.1) is 6.54 Å². The highest BCUT2D eigenvalue weighted by molar-refractivity contribution is 5.97. The zero-order valence-electron chi connectivity index (χ0n) is 10.4. The highest BCUT2D eigenvalue weighted by atomic mass is 16.1. The van der Waals surface area contributed by atoms with Crippen LogP contribution in [0.5, 0.6) is 0 Å². The molecule has 0 saturated carbocycles. The van der Waals surface area contributed by atoms with Gasteiger partial charge in [-0.15, -0.1) is 0 Å². The molecule has 0 N–H and O–H groups in total. The van der Waals surface area contributed by atoms with Gasteiger partial charge in [0.15, 0.2) is 5.78 Å². The van der Waals surface area contributed by atoms with Crippen LogP contribution in [0.3, 0.4) is 0 Å². The number of hydrogen-bond acceptors (Lipinski definition) is 2. The van der Waals surface area contributed by atoms with Crippen molar-refractivity contribution in [3.63, 3.8) is 0 Å². The van der Waals surface area contributed by atoms with Gasteiger partial charge in [0.25, 0.3) is 0 Å². The van der Waals surface area contributed by atoms with Crippen LogP contribution in [0.4, 0.5) is 0 Å². The van der Waals surface area contributed by atoms with Crippen LogP contribution in [0, 0.1) is 0 Å². The summed E-state index contributed by atoms with van der Waals surface area (Å²) in [5, 5.41) is 4.18. The van der Waals surface area contributed by atoms with Gasteiger partial charge in [-0.2, -0.15) is 5.10 Å². The molecule has 0 spiro atoms. The van der Waals surface area contributed by atoms with Crippen LogP contribution >= 0.6 is 0 Å². The summed E-state index contributed by atoms with van der Waals surface area (Å²) in [4.78, 5) is 11.9. The molecule has 3 rings (SSSR count). The van der Waals surface area contributed by atoms with Crippen molar-refractivity contribution in [3.05, 3.63) is 42.0 Å². The molecule has 0 unspecified atom stereocenters. The molecule has 0 saturated heterocycles. The van der Waals surface area contributed by atoms with Crippen LogP contribution in [0.2, 0.25) is 0 Å². The Kier molecular flexibility index (Phi) is 3.00. The van der Waals surface area contributed by atoms with E-state index in [1.165, 1.54) is 5.56 Å². The van der Waals surface area contributed by atoms with E-state index in [4.69, 9.17) is 0 Å². The van der Waals surface area contributed by atoms with Gasteiger partial charge in [0, 0.05) is 43.3 Å². The Labute approximate surface area is 106 Å². The lowest BCUT2D eigenvalue weighted by Gasteiger charge is -2.03. The summed E-state index contributed by atoms with van der Waals surface area (Å²) < 4.78 is 4.03. The predicted molar refractivity (Wildman–Crippen MR) is 68.5 cm³/mol. The molecule has 0 atom stereocenters. The first-order valence-corrected chi connectivity index (χ1v) is 6.52. The summed E-state index contributed by atoms with van der Waals surface area (Å²) in [7, 11) is 0. The molecule has 4 heteroatoms. The molecule has 0 amide bonds. The zero-order chi connectivity index (χ0) is 12.4.